The summed E-state index contributed by atoms with van der Waals surface area (Å²) in [5, 5.41) is 0.648. The molecule has 5 heteroatoms. The van der Waals surface area contributed by atoms with Crippen molar-refractivity contribution in [3.05, 3.63) is 70.7 Å². The van der Waals surface area contributed by atoms with E-state index in [-0.39, 0.29) is 24.2 Å². The Bertz CT molecular complexity index is 779. The second-order valence-electron chi connectivity index (χ2n) is 6.60. The van der Waals surface area contributed by atoms with Crippen LogP contribution in [0.15, 0.2) is 54.6 Å². The van der Waals surface area contributed by atoms with Crippen LogP contribution in [0.4, 0.5) is 0 Å². The van der Waals surface area contributed by atoms with Gasteiger partial charge in [0.05, 0.1) is 5.92 Å². The molecule has 0 saturated carbocycles. The number of amides is 2. The van der Waals surface area contributed by atoms with E-state index in [4.69, 9.17) is 11.6 Å². The second kappa shape index (κ2) is 8.37. The number of halogens is 1. The van der Waals surface area contributed by atoms with Gasteiger partial charge in [0, 0.05) is 37.6 Å². The molecule has 0 spiro atoms. The quantitative estimate of drug-likeness (QED) is 0.777. The zero-order valence-electron chi connectivity index (χ0n) is 14.9. The number of hydrogen-bond acceptors (Lipinski definition) is 2. The van der Waals surface area contributed by atoms with E-state index in [1.54, 1.807) is 4.90 Å². The minimum absolute atomic E-state index is 0.0130. The van der Waals surface area contributed by atoms with Crippen molar-refractivity contribution in [2.75, 3.05) is 13.1 Å². The number of nitrogens with zero attached hydrogens (tertiary/aromatic N) is 2. The second-order valence-corrected chi connectivity index (χ2v) is 7.01. The predicted molar refractivity (Wildman–Crippen MR) is 103 cm³/mol. The van der Waals surface area contributed by atoms with E-state index in [9.17, 15) is 9.59 Å². The van der Waals surface area contributed by atoms with Crippen molar-refractivity contribution in [3.63, 3.8) is 0 Å². The Morgan fingerprint density at radius 3 is 2.54 bits per heavy atom. The fourth-order valence-corrected chi connectivity index (χ4v) is 3.53. The first-order chi connectivity index (χ1) is 12.6. The topological polar surface area (TPSA) is 40.6 Å². The van der Waals surface area contributed by atoms with Crippen molar-refractivity contribution in [1.29, 1.82) is 0 Å². The number of carbonyl (C=O) groups is 2. The van der Waals surface area contributed by atoms with E-state index in [1.165, 1.54) is 0 Å². The molecule has 1 unspecified atom stereocenters. The third kappa shape index (κ3) is 4.25. The molecule has 2 amide bonds. The van der Waals surface area contributed by atoms with Crippen LogP contribution in [0.3, 0.4) is 0 Å². The van der Waals surface area contributed by atoms with Crippen LogP contribution >= 0.6 is 11.6 Å². The van der Waals surface area contributed by atoms with Gasteiger partial charge in [0.2, 0.25) is 11.8 Å². The highest BCUT2D eigenvalue weighted by Crippen LogP contribution is 2.25. The van der Waals surface area contributed by atoms with Crippen LogP contribution in [0.2, 0.25) is 5.02 Å². The monoisotopic (exact) mass is 370 g/mol. The number of rotatable bonds is 6. The van der Waals surface area contributed by atoms with Gasteiger partial charge < -0.3 is 9.80 Å². The van der Waals surface area contributed by atoms with Crippen molar-refractivity contribution in [2.24, 2.45) is 5.92 Å². The lowest BCUT2D eigenvalue weighted by molar-refractivity contribution is -0.136. The summed E-state index contributed by atoms with van der Waals surface area (Å²) >= 11 is 6.20. The number of benzene rings is 2. The molecule has 2 aromatic rings. The van der Waals surface area contributed by atoms with E-state index in [0.717, 1.165) is 11.1 Å². The van der Waals surface area contributed by atoms with Crippen LogP contribution in [-0.4, -0.2) is 34.7 Å². The Morgan fingerprint density at radius 2 is 1.85 bits per heavy atom. The van der Waals surface area contributed by atoms with Crippen LogP contribution in [0.1, 0.15) is 24.5 Å². The van der Waals surface area contributed by atoms with Crippen molar-refractivity contribution < 1.29 is 9.59 Å². The summed E-state index contributed by atoms with van der Waals surface area (Å²) in [6.07, 6.45) is 0.272. The number of carbonyl (C=O) groups excluding carboxylic acids is 2. The summed E-state index contributed by atoms with van der Waals surface area (Å²) in [7, 11) is 0. The van der Waals surface area contributed by atoms with Gasteiger partial charge in [-0.25, -0.2) is 0 Å². The van der Waals surface area contributed by atoms with Gasteiger partial charge in [-0.15, -0.1) is 0 Å². The third-order valence-electron chi connectivity index (χ3n) is 4.79. The largest absolute Gasteiger partial charge is 0.338 e. The maximum absolute atomic E-state index is 12.9. The van der Waals surface area contributed by atoms with Gasteiger partial charge in [-0.05, 0) is 24.1 Å². The lowest BCUT2D eigenvalue weighted by Gasteiger charge is -2.24. The Kier molecular flexibility index (Phi) is 5.94. The van der Waals surface area contributed by atoms with Crippen LogP contribution in [0.25, 0.3) is 0 Å². The maximum Gasteiger partial charge on any atom is 0.228 e. The Balaban J connectivity index is 1.65. The molecule has 1 saturated heterocycles. The van der Waals surface area contributed by atoms with Gasteiger partial charge in [0.25, 0.3) is 0 Å². The molecule has 0 N–H and O–H groups in total. The minimum Gasteiger partial charge on any atom is -0.338 e. The molecule has 1 fully saturated rings. The summed E-state index contributed by atoms with van der Waals surface area (Å²) < 4.78 is 0. The average Bonchev–Trinajstić information content (AvgIpc) is 3.02. The van der Waals surface area contributed by atoms with Crippen LogP contribution in [-0.2, 0) is 22.7 Å². The Labute approximate surface area is 159 Å². The summed E-state index contributed by atoms with van der Waals surface area (Å²) in [5.41, 5.74) is 2.01. The summed E-state index contributed by atoms with van der Waals surface area (Å²) in [5.74, 6) is -0.223. The molecule has 26 heavy (non-hydrogen) atoms. The summed E-state index contributed by atoms with van der Waals surface area (Å²) in [6.45, 7) is 4.08. The van der Waals surface area contributed by atoms with Gasteiger partial charge in [0.1, 0.15) is 0 Å². The molecule has 3 rings (SSSR count). The smallest absolute Gasteiger partial charge is 0.228 e. The predicted octanol–water partition coefficient (Wildman–Crippen LogP) is 3.74. The van der Waals surface area contributed by atoms with Gasteiger partial charge >= 0.3 is 0 Å². The van der Waals surface area contributed by atoms with Crippen LogP contribution in [0, 0.1) is 5.92 Å². The molecule has 136 valence electrons. The molecule has 0 aliphatic carbocycles. The lowest BCUT2D eigenvalue weighted by Crippen LogP contribution is -2.36. The molecule has 1 aliphatic heterocycles. The van der Waals surface area contributed by atoms with Crippen LogP contribution in [0.5, 0.6) is 0 Å². The average molecular weight is 371 g/mol. The van der Waals surface area contributed by atoms with Gasteiger partial charge in [-0.3, -0.25) is 9.59 Å². The van der Waals surface area contributed by atoms with E-state index >= 15 is 0 Å². The van der Waals surface area contributed by atoms with Gasteiger partial charge in [-0.1, -0.05) is 60.1 Å². The summed E-state index contributed by atoms with van der Waals surface area (Å²) in [4.78, 5) is 28.9. The lowest BCUT2D eigenvalue weighted by atomic mass is 10.1. The molecular formula is C21H23ClN2O2. The fraction of sp³-hybridized carbons (Fsp3) is 0.333. The van der Waals surface area contributed by atoms with Crippen molar-refractivity contribution in [1.82, 2.24) is 9.80 Å². The highest BCUT2D eigenvalue weighted by atomic mass is 35.5. The standard InChI is InChI=1S/C21H23ClN2O2/c1-2-23(13-16-8-4-3-5-9-16)21(26)18-12-20(25)24(15-18)14-17-10-6-7-11-19(17)22/h3-11,18H,2,12-15H2,1H3. The molecule has 1 heterocycles. The first-order valence-corrected chi connectivity index (χ1v) is 9.30. The minimum atomic E-state index is -0.284. The highest BCUT2D eigenvalue weighted by Gasteiger charge is 2.36. The maximum atomic E-state index is 12.9. The third-order valence-corrected chi connectivity index (χ3v) is 5.16. The Hall–Kier alpha value is -2.33. The zero-order valence-corrected chi connectivity index (χ0v) is 15.7. The first kappa shape index (κ1) is 18.5. The zero-order chi connectivity index (χ0) is 18.5. The number of hydrogen-bond donors (Lipinski definition) is 0. The normalized spacial score (nSPS) is 16.8. The summed E-state index contributed by atoms with van der Waals surface area (Å²) in [6, 6.07) is 17.4. The Morgan fingerprint density at radius 1 is 1.15 bits per heavy atom. The molecule has 0 radical (unpaired) electrons. The van der Waals surface area contributed by atoms with Gasteiger partial charge in [0.15, 0.2) is 0 Å². The molecule has 0 bridgehead atoms. The first-order valence-electron chi connectivity index (χ1n) is 8.92. The molecule has 4 nitrogen and oxygen atoms in total. The highest BCUT2D eigenvalue weighted by molar-refractivity contribution is 6.31. The molecule has 1 atom stereocenters. The number of likely N-dealkylation sites (tertiary alicyclic amines) is 1. The molecule has 0 aromatic heterocycles. The molecular weight excluding hydrogens is 348 g/mol. The molecule has 2 aromatic carbocycles. The molecule has 1 aliphatic rings. The van der Waals surface area contributed by atoms with Gasteiger partial charge in [-0.2, -0.15) is 0 Å². The van der Waals surface area contributed by atoms with Crippen LogP contribution < -0.4 is 0 Å². The van der Waals surface area contributed by atoms with E-state index < -0.39 is 0 Å². The van der Waals surface area contributed by atoms with Crippen molar-refractivity contribution >= 4 is 23.4 Å². The van der Waals surface area contributed by atoms with E-state index in [1.807, 2.05) is 66.4 Å². The fourth-order valence-electron chi connectivity index (χ4n) is 3.33. The van der Waals surface area contributed by atoms with E-state index in [0.29, 0.717) is 31.2 Å². The van der Waals surface area contributed by atoms with Crippen molar-refractivity contribution in [3.8, 4) is 0 Å². The van der Waals surface area contributed by atoms with Crippen molar-refractivity contribution in [2.45, 2.75) is 26.4 Å². The van der Waals surface area contributed by atoms with E-state index in [2.05, 4.69) is 0 Å². The SMILES string of the molecule is CCN(Cc1ccccc1)C(=O)C1CC(=O)N(Cc2ccccc2Cl)C1.